The standard InChI is InChI=1S/C14H20BrClO4/c1-17-4-5-18-6-7-19-8-9-20-14-3-2-13(15)10-12(14)11-16/h2-3,10H,4-9,11H2,1H3. The SMILES string of the molecule is COCCOCCOCCOc1ccc(Br)cc1CCl. The van der Waals surface area contributed by atoms with Crippen molar-refractivity contribution in [1.29, 1.82) is 0 Å². The molecular weight excluding hydrogens is 348 g/mol. The number of ether oxygens (including phenoxy) is 4. The molecule has 0 unspecified atom stereocenters. The Morgan fingerprint density at radius 2 is 1.65 bits per heavy atom. The maximum absolute atomic E-state index is 5.87. The molecule has 1 aromatic carbocycles. The van der Waals surface area contributed by atoms with Gasteiger partial charge in [0.15, 0.2) is 0 Å². The molecule has 0 fully saturated rings. The number of hydrogen-bond donors (Lipinski definition) is 0. The molecular formula is C14H20BrClO4. The van der Waals surface area contributed by atoms with E-state index in [1.807, 2.05) is 18.2 Å². The fourth-order valence-corrected chi connectivity index (χ4v) is 2.09. The van der Waals surface area contributed by atoms with Crippen molar-refractivity contribution in [3.05, 3.63) is 28.2 Å². The molecule has 20 heavy (non-hydrogen) atoms. The van der Waals surface area contributed by atoms with E-state index in [0.717, 1.165) is 15.8 Å². The summed E-state index contributed by atoms with van der Waals surface area (Å²) in [5.41, 5.74) is 0.962. The van der Waals surface area contributed by atoms with Gasteiger partial charge in [-0.2, -0.15) is 0 Å². The second kappa shape index (κ2) is 11.3. The third-order valence-electron chi connectivity index (χ3n) is 2.46. The van der Waals surface area contributed by atoms with Crippen LogP contribution in [0, 0.1) is 0 Å². The number of methoxy groups -OCH3 is 1. The maximum atomic E-state index is 5.87. The lowest BCUT2D eigenvalue weighted by molar-refractivity contribution is 0.0179. The van der Waals surface area contributed by atoms with E-state index < -0.39 is 0 Å². The molecule has 0 aromatic heterocycles. The summed E-state index contributed by atoms with van der Waals surface area (Å²) in [6.45, 7) is 3.32. The first-order chi connectivity index (χ1) is 9.77. The van der Waals surface area contributed by atoms with Crippen LogP contribution in [0.4, 0.5) is 0 Å². The first-order valence-corrected chi connectivity index (χ1v) is 7.72. The molecule has 0 bridgehead atoms. The van der Waals surface area contributed by atoms with Gasteiger partial charge in [0.1, 0.15) is 12.4 Å². The molecule has 114 valence electrons. The van der Waals surface area contributed by atoms with E-state index in [0.29, 0.717) is 45.5 Å². The Hall–Kier alpha value is -0.330. The number of alkyl halides is 1. The van der Waals surface area contributed by atoms with Gasteiger partial charge in [0.25, 0.3) is 0 Å². The maximum Gasteiger partial charge on any atom is 0.123 e. The summed E-state index contributed by atoms with van der Waals surface area (Å²) in [6, 6.07) is 5.78. The van der Waals surface area contributed by atoms with Crippen LogP contribution in [-0.4, -0.2) is 46.8 Å². The molecule has 0 aliphatic rings. The molecule has 0 saturated carbocycles. The number of hydrogen-bond acceptors (Lipinski definition) is 4. The molecule has 0 amide bonds. The predicted molar refractivity (Wildman–Crippen MR) is 82.7 cm³/mol. The van der Waals surface area contributed by atoms with E-state index in [1.165, 1.54) is 0 Å². The summed E-state index contributed by atoms with van der Waals surface area (Å²) in [6.07, 6.45) is 0. The number of halogens is 2. The Labute approximate surface area is 133 Å². The van der Waals surface area contributed by atoms with E-state index in [1.54, 1.807) is 7.11 Å². The van der Waals surface area contributed by atoms with E-state index >= 15 is 0 Å². The second-order valence-electron chi connectivity index (χ2n) is 3.95. The molecule has 0 aliphatic heterocycles. The quantitative estimate of drug-likeness (QED) is 0.444. The first kappa shape index (κ1) is 17.7. The molecule has 0 radical (unpaired) electrons. The van der Waals surface area contributed by atoms with Gasteiger partial charge in [-0.15, -0.1) is 11.6 Å². The minimum absolute atomic E-state index is 0.420. The van der Waals surface area contributed by atoms with Crippen LogP contribution in [0.5, 0.6) is 5.75 Å². The Kier molecular flexibility index (Phi) is 10.1. The predicted octanol–water partition coefficient (Wildman–Crippen LogP) is 3.25. The molecule has 0 aliphatic carbocycles. The highest BCUT2D eigenvalue weighted by Crippen LogP contribution is 2.24. The average molecular weight is 368 g/mol. The Morgan fingerprint density at radius 3 is 2.30 bits per heavy atom. The van der Waals surface area contributed by atoms with Crippen LogP contribution in [0.3, 0.4) is 0 Å². The van der Waals surface area contributed by atoms with Gasteiger partial charge in [-0.3, -0.25) is 0 Å². The zero-order chi connectivity index (χ0) is 14.6. The zero-order valence-electron chi connectivity index (χ0n) is 11.6. The summed E-state index contributed by atoms with van der Waals surface area (Å²) in [5.74, 6) is 1.21. The average Bonchev–Trinajstić information content (AvgIpc) is 2.46. The molecule has 1 aromatic rings. The summed E-state index contributed by atoms with van der Waals surface area (Å²) < 4.78 is 22.2. The monoisotopic (exact) mass is 366 g/mol. The van der Waals surface area contributed by atoms with Gasteiger partial charge in [0.2, 0.25) is 0 Å². The summed E-state index contributed by atoms with van der Waals surface area (Å²) in [7, 11) is 1.65. The van der Waals surface area contributed by atoms with Crippen molar-refractivity contribution >= 4 is 27.5 Å². The van der Waals surface area contributed by atoms with Crippen LogP contribution in [0.25, 0.3) is 0 Å². The lowest BCUT2D eigenvalue weighted by Crippen LogP contribution is -2.12. The molecule has 0 atom stereocenters. The van der Waals surface area contributed by atoms with E-state index in [4.69, 9.17) is 30.5 Å². The highest BCUT2D eigenvalue weighted by molar-refractivity contribution is 9.10. The van der Waals surface area contributed by atoms with Crippen molar-refractivity contribution in [3.8, 4) is 5.75 Å². The Balaban J connectivity index is 2.09. The lowest BCUT2D eigenvalue weighted by atomic mass is 10.2. The molecule has 0 spiro atoms. The molecule has 0 N–H and O–H groups in total. The molecule has 0 saturated heterocycles. The van der Waals surface area contributed by atoms with Gasteiger partial charge in [-0.05, 0) is 18.2 Å². The third-order valence-corrected chi connectivity index (χ3v) is 3.24. The van der Waals surface area contributed by atoms with Crippen LogP contribution < -0.4 is 4.74 Å². The minimum Gasteiger partial charge on any atom is -0.491 e. The highest BCUT2D eigenvalue weighted by atomic mass is 79.9. The summed E-state index contributed by atoms with van der Waals surface area (Å²) >= 11 is 9.27. The summed E-state index contributed by atoms with van der Waals surface area (Å²) in [5, 5.41) is 0. The number of rotatable bonds is 11. The van der Waals surface area contributed by atoms with Crippen LogP contribution in [0.1, 0.15) is 5.56 Å². The first-order valence-electron chi connectivity index (χ1n) is 6.39. The van der Waals surface area contributed by atoms with Crippen LogP contribution in [0.15, 0.2) is 22.7 Å². The lowest BCUT2D eigenvalue weighted by Gasteiger charge is -2.11. The fraction of sp³-hybridized carbons (Fsp3) is 0.571. The zero-order valence-corrected chi connectivity index (χ0v) is 13.9. The van der Waals surface area contributed by atoms with Gasteiger partial charge in [0, 0.05) is 17.1 Å². The van der Waals surface area contributed by atoms with Gasteiger partial charge in [0.05, 0.1) is 38.9 Å². The largest absolute Gasteiger partial charge is 0.491 e. The van der Waals surface area contributed by atoms with Crippen molar-refractivity contribution < 1.29 is 18.9 Å². The topological polar surface area (TPSA) is 36.9 Å². The molecule has 6 heteroatoms. The van der Waals surface area contributed by atoms with Crippen LogP contribution in [0.2, 0.25) is 0 Å². The van der Waals surface area contributed by atoms with Gasteiger partial charge in [-0.25, -0.2) is 0 Å². The van der Waals surface area contributed by atoms with Crippen molar-refractivity contribution in [3.63, 3.8) is 0 Å². The van der Waals surface area contributed by atoms with Gasteiger partial charge >= 0.3 is 0 Å². The van der Waals surface area contributed by atoms with Crippen molar-refractivity contribution in [2.24, 2.45) is 0 Å². The van der Waals surface area contributed by atoms with E-state index in [9.17, 15) is 0 Å². The molecule has 4 nitrogen and oxygen atoms in total. The van der Waals surface area contributed by atoms with Crippen LogP contribution in [-0.2, 0) is 20.1 Å². The second-order valence-corrected chi connectivity index (χ2v) is 5.13. The minimum atomic E-state index is 0.420. The van der Waals surface area contributed by atoms with E-state index in [2.05, 4.69) is 15.9 Å². The fourth-order valence-electron chi connectivity index (χ4n) is 1.47. The van der Waals surface area contributed by atoms with E-state index in [-0.39, 0.29) is 0 Å². The third kappa shape index (κ3) is 7.45. The highest BCUT2D eigenvalue weighted by Gasteiger charge is 2.03. The normalized spacial score (nSPS) is 10.8. The number of benzene rings is 1. The van der Waals surface area contributed by atoms with Crippen molar-refractivity contribution in [1.82, 2.24) is 0 Å². The van der Waals surface area contributed by atoms with Crippen LogP contribution >= 0.6 is 27.5 Å². The Bertz CT molecular complexity index is 376. The van der Waals surface area contributed by atoms with Gasteiger partial charge < -0.3 is 18.9 Å². The molecule has 0 heterocycles. The summed E-state index contributed by atoms with van der Waals surface area (Å²) in [4.78, 5) is 0. The molecule has 1 rings (SSSR count). The van der Waals surface area contributed by atoms with Gasteiger partial charge in [-0.1, -0.05) is 15.9 Å². The van der Waals surface area contributed by atoms with Crippen molar-refractivity contribution in [2.45, 2.75) is 5.88 Å². The van der Waals surface area contributed by atoms with Crippen molar-refractivity contribution in [2.75, 3.05) is 46.8 Å². The smallest absolute Gasteiger partial charge is 0.123 e. The Morgan fingerprint density at radius 1 is 1.00 bits per heavy atom.